The molecule has 8 heteroatoms. The van der Waals surface area contributed by atoms with Crippen molar-refractivity contribution in [3.63, 3.8) is 0 Å². The summed E-state index contributed by atoms with van der Waals surface area (Å²) in [6.45, 7) is 2.55. The van der Waals surface area contributed by atoms with E-state index in [1.807, 2.05) is 12.1 Å². The smallest absolute Gasteiger partial charge is 0.255 e. The lowest BCUT2D eigenvalue weighted by Gasteiger charge is -2.32. The molecule has 3 aliphatic rings. The maximum atomic E-state index is 13.2. The van der Waals surface area contributed by atoms with Crippen molar-refractivity contribution >= 4 is 23.6 Å². The standard InChI is InChI=1S/C25H34N4O4/c1-2-3-7-20(27-16-10-8-15(9-11-16)23(26)31)17-5-4-6-18-19(17)14-29(25(18)33)21-12-13-22(30)28-24(21)32/h4-6,15-16,20-21,27H,2-3,7-14H2,1H3,(H2,26,31)(H,28,30,32)/t15?,16?,20-,21-/m0/s1. The molecule has 4 amide bonds. The van der Waals surface area contributed by atoms with Crippen molar-refractivity contribution in [1.82, 2.24) is 15.5 Å². The molecule has 1 saturated carbocycles. The maximum Gasteiger partial charge on any atom is 0.255 e. The lowest BCUT2D eigenvalue weighted by atomic mass is 9.84. The molecule has 2 fully saturated rings. The quantitative estimate of drug-likeness (QED) is 0.521. The van der Waals surface area contributed by atoms with Gasteiger partial charge in [-0.1, -0.05) is 31.9 Å². The Morgan fingerprint density at radius 3 is 2.61 bits per heavy atom. The van der Waals surface area contributed by atoms with Crippen LogP contribution in [0.1, 0.15) is 92.2 Å². The summed E-state index contributed by atoms with van der Waals surface area (Å²) in [5.74, 6) is -1.05. The molecule has 0 aromatic heterocycles. The number of nitrogens with two attached hydrogens (primary N) is 1. The van der Waals surface area contributed by atoms with Crippen molar-refractivity contribution in [3.8, 4) is 0 Å². The van der Waals surface area contributed by atoms with Crippen molar-refractivity contribution in [2.24, 2.45) is 11.7 Å². The third-order valence-corrected chi connectivity index (χ3v) is 7.41. The van der Waals surface area contributed by atoms with Crippen LogP contribution in [-0.2, 0) is 20.9 Å². The first-order valence-corrected chi connectivity index (χ1v) is 12.2. The van der Waals surface area contributed by atoms with Gasteiger partial charge < -0.3 is 16.0 Å². The van der Waals surface area contributed by atoms with Crippen molar-refractivity contribution in [2.45, 2.75) is 89.4 Å². The van der Waals surface area contributed by atoms with Crippen molar-refractivity contribution in [1.29, 1.82) is 0 Å². The highest BCUT2D eigenvalue weighted by molar-refractivity contribution is 6.05. The summed E-state index contributed by atoms with van der Waals surface area (Å²) < 4.78 is 0. The lowest BCUT2D eigenvalue weighted by Crippen LogP contribution is -2.52. The number of unbranched alkanes of at least 4 members (excludes halogenated alkanes) is 1. The van der Waals surface area contributed by atoms with Gasteiger partial charge in [0.15, 0.2) is 0 Å². The summed E-state index contributed by atoms with van der Waals surface area (Å²) in [6, 6.07) is 5.64. The first kappa shape index (κ1) is 23.4. The van der Waals surface area contributed by atoms with Crippen LogP contribution in [-0.4, -0.2) is 40.6 Å². The molecule has 4 rings (SSSR count). The van der Waals surface area contributed by atoms with Crippen LogP contribution in [0.5, 0.6) is 0 Å². The fourth-order valence-corrected chi connectivity index (χ4v) is 5.50. The Morgan fingerprint density at radius 2 is 1.94 bits per heavy atom. The number of hydrogen-bond donors (Lipinski definition) is 3. The molecular weight excluding hydrogens is 420 g/mol. The number of nitrogens with one attached hydrogen (secondary N) is 2. The summed E-state index contributed by atoms with van der Waals surface area (Å²) in [5, 5.41) is 6.18. The van der Waals surface area contributed by atoms with Crippen LogP contribution in [0.15, 0.2) is 18.2 Å². The molecule has 8 nitrogen and oxygen atoms in total. The third kappa shape index (κ3) is 4.95. The van der Waals surface area contributed by atoms with E-state index in [1.165, 1.54) is 0 Å². The van der Waals surface area contributed by atoms with E-state index in [-0.39, 0.29) is 42.0 Å². The molecule has 1 aromatic rings. The molecule has 1 aliphatic carbocycles. The van der Waals surface area contributed by atoms with Gasteiger partial charge in [0.05, 0.1) is 0 Å². The molecule has 178 valence electrons. The Hall–Kier alpha value is -2.74. The van der Waals surface area contributed by atoms with E-state index >= 15 is 0 Å². The van der Waals surface area contributed by atoms with Gasteiger partial charge in [-0.15, -0.1) is 0 Å². The molecule has 33 heavy (non-hydrogen) atoms. The Morgan fingerprint density at radius 1 is 1.18 bits per heavy atom. The lowest BCUT2D eigenvalue weighted by molar-refractivity contribution is -0.137. The largest absolute Gasteiger partial charge is 0.369 e. The average Bonchev–Trinajstić information content (AvgIpc) is 3.13. The molecule has 1 aromatic carbocycles. The average molecular weight is 455 g/mol. The number of carbonyl (C=O) groups excluding carboxylic acids is 4. The Labute approximate surface area is 194 Å². The fourth-order valence-electron chi connectivity index (χ4n) is 5.50. The molecule has 0 radical (unpaired) electrons. The normalized spacial score (nSPS) is 26.2. The SMILES string of the molecule is CCCC[C@H](NC1CCC(C(N)=O)CC1)c1cccc2c1CN([C@H]1CCC(=O)NC1=O)C2=O. The molecule has 1 saturated heterocycles. The predicted octanol–water partition coefficient (Wildman–Crippen LogP) is 2.31. The summed E-state index contributed by atoms with van der Waals surface area (Å²) in [5.41, 5.74) is 8.24. The molecular formula is C25H34N4O4. The van der Waals surface area contributed by atoms with Crippen LogP contribution in [0.2, 0.25) is 0 Å². The zero-order valence-corrected chi connectivity index (χ0v) is 19.3. The van der Waals surface area contributed by atoms with Crippen molar-refractivity contribution < 1.29 is 19.2 Å². The zero-order chi connectivity index (χ0) is 23.5. The summed E-state index contributed by atoms with van der Waals surface area (Å²) in [4.78, 5) is 50.3. The van der Waals surface area contributed by atoms with Gasteiger partial charge in [-0.2, -0.15) is 0 Å². The number of benzene rings is 1. The van der Waals surface area contributed by atoms with Crippen LogP contribution in [0.4, 0.5) is 0 Å². The van der Waals surface area contributed by atoms with Gasteiger partial charge in [0.2, 0.25) is 17.7 Å². The highest BCUT2D eigenvalue weighted by Crippen LogP contribution is 2.35. The summed E-state index contributed by atoms with van der Waals surface area (Å²) in [6.07, 6.45) is 7.13. The van der Waals surface area contributed by atoms with E-state index in [0.717, 1.165) is 56.1 Å². The minimum absolute atomic E-state index is 0.0298. The highest BCUT2D eigenvalue weighted by Gasteiger charge is 2.40. The van der Waals surface area contributed by atoms with Gasteiger partial charge in [0.25, 0.3) is 5.91 Å². The maximum absolute atomic E-state index is 13.2. The molecule has 2 heterocycles. The minimum atomic E-state index is -0.610. The van der Waals surface area contributed by atoms with Crippen molar-refractivity contribution in [2.75, 3.05) is 0 Å². The number of primary amides is 1. The fraction of sp³-hybridized carbons (Fsp3) is 0.600. The van der Waals surface area contributed by atoms with E-state index in [2.05, 4.69) is 23.6 Å². The van der Waals surface area contributed by atoms with Gasteiger partial charge >= 0.3 is 0 Å². The molecule has 0 spiro atoms. The van der Waals surface area contributed by atoms with Crippen LogP contribution in [0.25, 0.3) is 0 Å². The summed E-state index contributed by atoms with van der Waals surface area (Å²) in [7, 11) is 0. The van der Waals surface area contributed by atoms with E-state index in [4.69, 9.17) is 5.73 Å². The zero-order valence-electron chi connectivity index (χ0n) is 19.3. The molecule has 2 aliphatic heterocycles. The molecule has 2 atom stereocenters. The van der Waals surface area contributed by atoms with E-state index < -0.39 is 6.04 Å². The monoisotopic (exact) mass is 454 g/mol. The first-order valence-electron chi connectivity index (χ1n) is 12.2. The number of carbonyl (C=O) groups is 4. The van der Waals surface area contributed by atoms with Crippen LogP contribution >= 0.6 is 0 Å². The topological polar surface area (TPSA) is 122 Å². The summed E-state index contributed by atoms with van der Waals surface area (Å²) >= 11 is 0. The number of piperidine rings is 1. The second-order valence-electron chi connectivity index (χ2n) is 9.59. The Bertz CT molecular complexity index is 938. The van der Waals surface area contributed by atoms with Gasteiger partial charge in [0, 0.05) is 36.5 Å². The molecule has 0 bridgehead atoms. The number of rotatable bonds is 8. The number of hydrogen-bond acceptors (Lipinski definition) is 5. The second-order valence-corrected chi connectivity index (χ2v) is 9.59. The Balaban J connectivity index is 1.53. The Kier molecular flexibility index (Phi) is 7.12. The third-order valence-electron chi connectivity index (χ3n) is 7.41. The number of imide groups is 1. The molecule has 4 N–H and O–H groups in total. The van der Waals surface area contributed by atoms with E-state index in [0.29, 0.717) is 24.6 Å². The van der Waals surface area contributed by atoms with Gasteiger partial charge in [-0.25, -0.2) is 0 Å². The predicted molar refractivity (Wildman–Crippen MR) is 123 cm³/mol. The van der Waals surface area contributed by atoms with Crippen LogP contribution in [0, 0.1) is 5.92 Å². The van der Waals surface area contributed by atoms with Gasteiger partial charge in [-0.05, 0) is 55.7 Å². The molecule has 0 unspecified atom stereocenters. The van der Waals surface area contributed by atoms with Crippen LogP contribution in [0.3, 0.4) is 0 Å². The second kappa shape index (κ2) is 10.0. The first-order chi connectivity index (χ1) is 15.9. The number of amides is 4. The van der Waals surface area contributed by atoms with Crippen molar-refractivity contribution in [3.05, 3.63) is 34.9 Å². The number of nitrogens with zero attached hydrogens (tertiary/aromatic N) is 1. The van der Waals surface area contributed by atoms with Gasteiger partial charge in [-0.3, -0.25) is 24.5 Å². The van der Waals surface area contributed by atoms with Crippen LogP contribution < -0.4 is 16.4 Å². The van der Waals surface area contributed by atoms with Gasteiger partial charge in [0.1, 0.15) is 6.04 Å². The number of fused-ring (bicyclic) bond motifs is 1. The minimum Gasteiger partial charge on any atom is -0.369 e. The van der Waals surface area contributed by atoms with E-state index in [1.54, 1.807) is 4.90 Å². The van der Waals surface area contributed by atoms with E-state index in [9.17, 15) is 19.2 Å². The highest BCUT2D eigenvalue weighted by atomic mass is 16.2.